The number of nitrogens with one attached hydrogen (secondary N) is 2. The van der Waals surface area contributed by atoms with Gasteiger partial charge in [-0.2, -0.15) is 5.26 Å². The topological polar surface area (TPSA) is 112 Å². The number of benzene rings is 1. The van der Waals surface area contributed by atoms with Crippen molar-refractivity contribution in [3.63, 3.8) is 0 Å². The minimum atomic E-state index is -1.03. The van der Waals surface area contributed by atoms with Crippen LogP contribution in [0.15, 0.2) is 18.2 Å². The van der Waals surface area contributed by atoms with Crippen LogP contribution in [-0.4, -0.2) is 47.0 Å². The molecule has 0 spiro atoms. The summed E-state index contributed by atoms with van der Waals surface area (Å²) in [4.78, 5) is 41.0. The fourth-order valence-corrected chi connectivity index (χ4v) is 3.54. The van der Waals surface area contributed by atoms with Crippen LogP contribution < -0.4 is 10.6 Å². The first-order valence-corrected chi connectivity index (χ1v) is 11.8. The van der Waals surface area contributed by atoms with Crippen LogP contribution in [0.5, 0.6) is 0 Å². The van der Waals surface area contributed by atoms with E-state index >= 15 is 0 Å². The summed E-state index contributed by atoms with van der Waals surface area (Å²) in [5.74, 6) is -1.15. The van der Waals surface area contributed by atoms with Crippen molar-refractivity contribution in [3.05, 3.63) is 34.9 Å². The smallest absolute Gasteiger partial charge is 0.408 e. The maximum Gasteiger partial charge on any atom is 0.408 e. The molecule has 0 fully saturated rings. The number of ether oxygens (including phenoxy) is 1. The molecule has 1 rings (SSSR count). The van der Waals surface area contributed by atoms with Gasteiger partial charge in [0.2, 0.25) is 11.8 Å². The molecule has 0 aliphatic carbocycles. The van der Waals surface area contributed by atoms with Gasteiger partial charge in [-0.05, 0) is 65.5 Å². The third-order valence-corrected chi connectivity index (χ3v) is 5.40. The van der Waals surface area contributed by atoms with Gasteiger partial charge in [-0.15, -0.1) is 0 Å². The van der Waals surface area contributed by atoms with Gasteiger partial charge in [0.15, 0.2) is 0 Å². The Morgan fingerprint density at radius 2 is 1.74 bits per heavy atom. The summed E-state index contributed by atoms with van der Waals surface area (Å²) in [6, 6.07) is 5.55. The number of nitrogens with zero attached hydrogens (tertiary/aromatic N) is 2. The molecule has 34 heavy (non-hydrogen) atoms. The standard InChI is InChI=1S/C26H40N4O4/c1-10-18(5)21(29-25(33)34-26(7,8)9)24(32)30(14-13-27)22(23(31)28-16(2)3)20-15-17(4)11-12-19(20)6/h11-12,15-16,18,21-22H,10,14H2,1-9H3,(H,28,31)(H,29,33). The van der Waals surface area contributed by atoms with Crippen LogP contribution >= 0.6 is 0 Å². The fourth-order valence-electron chi connectivity index (χ4n) is 3.54. The maximum atomic E-state index is 13.9. The van der Waals surface area contributed by atoms with Crippen molar-refractivity contribution in [1.82, 2.24) is 15.5 Å². The van der Waals surface area contributed by atoms with Crippen LogP contribution in [0, 0.1) is 31.1 Å². The molecule has 0 aliphatic heterocycles. The number of aryl methyl sites for hydroxylation is 2. The molecule has 1 aromatic rings. The van der Waals surface area contributed by atoms with Crippen molar-refractivity contribution < 1.29 is 19.1 Å². The van der Waals surface area contributed by atoms with Gasteiger partial charge in [0, 0.05) is 6.04 Å². The van der Waals surface area contributed by atoms with E-state index in [1.54, 1.807) is 20.8 Å². The largest absolute Gasteiger partial charge is 0.444 e. The van der Waals surface area contributed by atoms with Gasteiger partial charge in [0.1, 0.15) is 24.2 Å². The van der Waals surface area contributed by atoms with Gasteiger partial charge < -0.3 is 20.3 Å². The fraction of sp³-hybridized carbons (Fsp3) is 0.615. The van der Waals surface area contributed by atoms with E-state index < -0.39 is 29.7 Å². The molecule has 0 saturated carbocycles. The van der Waals surface area contributed by atoms with Crippen molar-refractivity contribution in [2.75, 3.05) is 6.54 Å². The number of rotatable bonds is 9. The third-order valence-electron chi connectivity index (χ3n) is 5.40. The zero-order valence-corrected chi connectivity index (χ0v) is 22.0. The van der Waals surface area contributed by atoms with Gasteiger partial charge in [0.25, 0.3) is 0 Å². The van der Waals surface area contributed by atoms with Crippen molar-refractivity contribution >= 4 is 17.9 Å². The monoisotopic (exact) mass is 472 g/mol. The molecule has 2 N–H and O–H groups in total. The molecule has 3 unspecified atom stereocenters. The average Bonchev–Trinajstić information content (AvgIpc) is 2.71. The second-order valence-electron chi connectivity index (χ2n) is 10.1. The Balaban J connectivity index is 3.55. The molecule has 8 nitrogen and oxygen atoms in total. The highest BCUT2D eigenvalue weighted by atomic mass is 16.6. The van der Waals surface area contributed by atoms with Crippen LogP contribution in [0.4, 0.5) is 4.79 Å². The molecule has 8 heteroatoms. The van der Waals surface area contributed by atoms with Crippen molar-refractivity contribution in [2.45, 2.75) is 92.5 Å². The molecular weight excluding hydrogens is 432 g/mol. The second-order valence-corrected chi connectivity index (χ2v) is 10.1. The molecule has 3 amide bonds. The lowest BCUT2D eigenvalue weighted by atomic mass is 9.93. The van der Waals surface area contributed by atoms with Gasteiger partial charge >= 0.3 is 6.09 Å². The van der Waals surface area contributed by atoms with Crippen molar-refractivity contribution in [2.24, 2.45) is 5.92 Å². The molecule has 1 aromatic carbocycles. The van der Waals surface area contributed by atoms with Gasteiger partial charge in [-0.25, -0.2) is 4.79 Å². The van der Waals surface area contributed by atoms with Crippen molar-refractivity contribution in [3.8, 4) is 6.07 Å². The predicted molar refractivity (Wildman–Crippen MR) is 132 cm³/mol. The number of nitriles is 1. The highest BCUT2D eigenvalue weighted by Crippen LogP contribution is 2.28. The van der Waals surface area contributed by atoms with Crippen LogP contribution in [-0.2, 0) is 14.3 Å². The van der Waals surface area contributed by atoms with Gasteiger partial charge in [-0.3, -0.25) is 9.59 Å². The molecule has 0 saturated heterocycles. The average molecular weight is 473 g/mol. The lowest BCUT2D eigenvalue weighted by molar-refractivity contribution is -0.143. The van der Waals surface area contributed by atoms with Crippen LogP contribution in [0.2, 0.25) is 0 Å². The third kappa shape index (κ3) is 8.36. The minimum absolute atomic E-state index is 0.163. The lowest BCUT2D eigenvalue weighted by Crippen LogP contribution is -2.55. The molecule has 3 atom stereocenters. The minimum Gasteiger partial charge on any atom is -0.444 e. The van der Waals surface area contributed by atoms with Gasteiger partial charge in [-0.1, -0.05) is 44.0 Å². The number of carbonyl (C=O) groups is 3. The van der Waals surface area contributed by atoms with Crippen LogP contribution in [0.1, 0.15) is 77.6 Å². The summed E-state index contributed by atoms with van der Waals surface area (Å²) in [5, 5.41) is 15.2. The van der Waals surface area contributed by atoms with Crippen LogP contribution in [0.25, 0.3) is 0 Å². The zero-order valence-electron chi connectivity index (χ0n) is 22.0. The Kier molecular flexibility index (Phi) is 10.6. The first-order valence-electron chi connectivity index (χ1n) is 11.8. The summed E-state index contributed by atoms with van der Waals surface area (Å²) in [5.41, 5.74) is 1.66. The summed E-state index contributed by atoms with van der Waals surface area (Å²) in [7, 11) is 0. The predicted octanol–water partition coefficient (Wildman–Crippen LogP) is 4.16. The summed E-state index contributed by atoms with van der Waals surface area (Å²) >= 11 is 0. The molecule has 0 heterocycles. The maximum absolute atomic E-state index is 13.9. The number of alkyl carbamates (subject to hydrolysis) is 1. The highest BCUT2D eigenvalue weighted by Gasteiger charge is 2.38. The SMILES string of the molecule is CCC(C)C(NC(=O)OC(C)(C)C)C(=O)N(CC#N)C(C(=O)NC(C)C)c1cc(C)ccc1C. The lowest BCUT2D eigenvalue weighted by Gasteiger charge is -2.35. The van der Waals surface area contributed by atoms with E-state index in [9.17, 15) is 19.6 Å². The Labute approximate surface area is 204 Å². The molecule has 0 bridgehead atoms. The Morgan fingerprint density at radius 1 is 1.12 bits per heavy atom. The van der Waals surface area contributed by atoms with E-state index in [2.05, 4.69) is 10.6 Å². The summed E-state index contributed by atoms with van der Waals surface area (Å²) < 4.78 is 5.37. The molecule has 0 radical (unpaired) electrons. The number of hydrogen-bond donors (Lipinski definition) is 2. The van der Waals surface area contributed by atoms with Crippen molar-refractivity contribution in [1.29, 1.82) is 5.26 Å². The van der Waals surface area contributed by atoms with E-state index in [4.69, 9.17) is 4.74 Å². The number of amides is 3. The highest BCUT2D eigenvalue weighted by molar-refractivity contribution is 5.92. The zero-order chi connectivity index (χ0) is 26.2. The molecule has 0 aliphatic rings. The van der Waals surface area contributed by atoms with E-state index in [-0.39, 0.29) is 24.4 Å². The van der Waals surface area contributed by atoms with E-state index in [0.29, 0.717) is 12.0 Å². The number of carbonyl (C=O) groups excluding carboxylic acids is 3. The molecular formula is C26H40N4O4. The van der Waals surface area contributed by atoms with E-state index in [1.165, 1.54) is 4.90 Å². The number of hydrogen-bond acceptors (Lipinski definition) is 5. The Bertz CT molecular complexity index is 914. The summed E-state index contributed by atoms with van der Waals surface area (Å²) in [6.45, 7) is 16.1. The quantitative estimate of drug-likeness (QED) is 0.524. The van der Waals surface area contributed by atoms with Crippen LogP contribution in [0.3, 0.4) is 0 Å². The first kappa shape index (κ1) is 29.0. The Morgan fingerprint density at radius 3 is 2.24 bits per heavy atom. The normalized spacial score (nSPS) is 13.9. The first-order chi connectivity index (χ1) is 15.7. The molecule has 188 valence electrons. The molecule has 0 aromatic heterocycles. The van der Waals surface area contributed by atoms with Gasteiger partial charge in [0.05, 0.1) is 6.07 Å². The summed E-state index contributed by atoms with van der Waals surface area (Å²) in [6.07, 6.45) is -0.128. The van der Waals surface area contributed by atoms with E-state index in [0.717, 1.165) is 11.1 Å². The Hall–Kier alpha value is -3.08. The van der Waals surface area contributed by atoms with E-state index in [1.807, 2.05) is 65.8 Å². The second kappa shape index (κ2) is 12.4.